The Morgan fingerprint density at radius 2 is 1.95 bits per heavy atom. The molecule has 0 unspecified atom stereocenters. The predicted molar refractivity (Wildman–Crippen MR) is 78.8 cm³/mol. The molecule has 6 nitrogen and oxygen atoms in total. The Labute approximate surface area is 122 Å². The highest BCUT2D eigenvalue weighted by Gasteiger charge is 2.12. The van der Waals surface area contributed by atoms with Crippen molar-refractivity contribution >= 4 is 12.1 Å². The maximum absolute atomic E-state index is 12.1. The van der Waals surface area contributed by atoms with E-state index in [1.165, 1.54) is 13.3 Å². The van der Waals surface area contributed by atoms with Gasteiger partial charge in [0.2, 0.25) is 0 Å². The molecule has 1 aromatic heterocycles. The lowest BCUT2D eigenvalue weighted by molar-refractivity contribution is 0.0952. The first-order valence-corrected chi connectivity index (χ1v) is 6.20. The molecule has 1 amide bonds. The molecule has 0 aliphatic rings. The van der Waals surface area contributed by atoms with Crippen LogP contribution in [0.4, 0.5) is 0 Å². The first-order chi connectivity index (χ1) is 10.2. The number of hydrogen-bond acceptors (Lipinski definition) is 5. The van der Waals surface area contributed by atoms with Crippen LogP contribution in [-0.4, -0.2) is 31.3 Å². The standard InChI is InChI=1S/C15H15N3O3/c1-20-12-3-4-13(14(9-12)21-2)15(19)18-17-10-11-5-7-16-8-6-11/h3-10H,1-2H3,(H,18,19). The number of pyridine rings is 1. The normalized spacial score (nSPS) is 10.4. The zero-order chi connectivity index (χ0) is 15.1. The Morgan fingerprint density at radius 3 is 2.62 bits per heavy atom. The van der Waals surface area contributed by atoms with Gasteiger partial charge >= 0.3 is 0 Å². The number of nitrogens with zero attached hydrogens (tertiary/aromatic N) is 2. The van der Waals surface area contributed by atoms with Gasteiger partial charge in [0.05, 0.1) is 26.0 Å². The number of hydrazone groups is 1. The molecule has 2 rings (SSSR count). The zero-order valence-electron chi connectivity index (χ0n) is 11.7. The molecule has 6 heteroatoms. The van der Waals surface area contributed by atoms with E-state index in [9.17, 15) is 4.79 Å². The third kappa shape index (κ3) is 3.79. The second-order valence-electron chi connectivity index (χ2n) is 4.05. The van der Waals surface area contributed by atoms with Crippen molar-refractivity contribution in [3.63, 3.8) is 0 Å². The highest BCUT2D eigenvalue weighted by atomic mass is 16.5. The van der Waals surface area contributed by atoms with Gasteiger partial charge in [-0.1, -0.05) is 0 Å². The van der Waals surface area contributed by atoms with Gasteiger partial charge in [-0.05, 0) is 29.8 Å². The summed E-state index contributed by atoms with van der Waals surface area (Å²) in [6.07, 6.45) is 4.83. The number of aromatic nitrogens is 1. The van der Waals surface area contributed by atoms with Crippen molar-refractivity contribution in [2.45, 2.75) is 0 Å². The quantitative estimate of drug-likeness (QED) is 0.672. The molecule has 1 heterocycles. The summed E-state index contributed by atoms with van der Waals surface area (Å²) in [6, 6.07) is 8.51. The Bertz CT molecular complexity index is 642. The minimum Gasteiger partial charge on any atom is -0.497 e. The van der Waals surface area contributed by atoms with Gasteiger partial charge in [0.25, 0.3) is 5.91 Å². The molecular formula is C15H15N3O3. The fourth-order valence-corrected chi connectivity index (χ4v) is 1.66. The molecule has 21 heavy (non-hydrogen) atoms. The Morgan fingerprint density at radius 1 is 1.19 bits per heavy atom. The van der Waals surface area contributed by atoms with Crippen LogP contribution in [0.2, 0.25) is 0 Å². The number of methoxy groups -OCH3 is 2. The second-order valence-corrected chi connectivity index (χ2v) is 4.05. The highest BCUT2D eigenvalue weighted by Crippen LogP contribution is 2.24. The number of hydrogen-bond donors (Lipinski definition) is 1. The van der Waals surface area contributed by atoms with Crippen LogP contribution in [0.5, 0.6) is 11.5 Å². The number of rotatable bonds is 5. The highest BCUT2D eigenvalue weighted by molar-refractivity contribution is 5.97. The molecule has 0 spiro atoms. The molecule has 0 radical (unpaired) electrons. The summed E-state index contributed by atoms with van der Waals surface area (Å²) >= 11 is 0. The summed E-state index contributed by atoms with van der Waals surface area (Å²) in [4.78, 5) is 16.0. The van der Waals surface area contributed by atoms with Crippen molar-refractivity contribution in [1.82, 2.24) is 10.4 Å². The molecule has 0 fully saturated rings. The van der Waals surface area contributed by atoms with Gasteiger partial charge in [-0.3, -0.25) is 9.78 Å². The third-order valence-corrected chi connectivity index (χ3v) is 2.74. The van der Waals surface area contributed by atoms with E-state index in [-0.39, 0.29) is 5.91 Å². The van der Waals surface area contributed by atoms with Gasteiger partial charge in [0.15, 0.2) is 0 Å². The van der Waals surface area contributed by atoms with Gasteiger partial charge in [0.1, 0.15) is 11.5 Å². The van der Waals surface area contributed by atoms with Crippen LogP contribution < -0.4 is 14.9 Å². The van der Waals surface area contributed by atoms with Crippen molar-refractivity contribution in [2.75, 3.05) is 14.2 Å². The molecule has 0 atom stereocenters. The largest absolute Gasteiger partial charge is 0.497 e. The molecule has 0 saturated carbocycles. The van der Waals surface area contributed by atoms with Crippen molar-refractivity contribution in [3.05, 3.63) is 53.9 Å². The van der Waals surface area contributed by atoms with Crippen LogP contribution in [0.3, 0.4) is 0 Å². The molecule has 108 valence electrons. The van der Waals surface area contributed by atoms with E-state index in [0.717, 1.165) is 5.56 Å². The number of nitrogens with one attached hydrogen (secondary N) is 1. The van der Waals surface area contributed by atoms with E-state index in [2.05, 4.69) is 15.5 Å². The second kappa shape index (κ2) is 7.04. The van der Waals surface area contributed by atoms with Gasteiger partial charge in [0, 0.05) is 18.5 Å². The van der Waals surface area contributed by atoms with Crippen molar-refractivity contribution in [2.24, 2.45) is 5.10 Å². The van der Waals surface area contributed by atoms with E-state index in [4.69, 9.17) is 9.47 Å². The summed E-state index contributed by atoms with van der Waals surface area (Å²) in [5.41, 5.74) is 3.67. The Kier molecular flexibility index (Phi) is 4.87. The third-order valence-electron chi connectivity index (χ3n) is 2.74. The average Bonchev–Trinajstić information content (AvgIpc) is 2.55. The van der Waals surface area contributed by atoms with Crippen LogP contribution in [0, 0.1) is 0 Å². The summed E-state index contributed by atoms with van der Waals surface area (Å²) < 4.78 is 10.3. The summed E-state index contributed by atoms with van der Waals surface area (Å²) in [6.45, 7) is 0. The van der Waals surface area contributed by atoms with Crippen molar-refractivity contribution in [1.29, 1.82) is 0 Å². The molecular weight excluding hydrogens is 270 g/mol. The summed E-state index contributed by atoms with van der Waals surface area (Å²) in [5, 5.41) is 3.90. The van der Waals surface area contributed by atoms with Gasteiger partial charge in [-0.15, -0.1) is 0 Å². The van der Waals surface area contributed by atoms with E-state index in [1.807, 2.05) is 0 Å². The van der Waals surface area contributed by atoms with Crippen LogP contribution in [0.15, 0.2) is 47.8 Å². The summed E-state index contributed by atoms with van der Waals surface area (Å²) in [5.74, 6) is 0.675. The lowest BCUT2D eigenvalue weighted by Gasteiger charge is -2.08. The average molecular weight is 285 g/mol. The molecule has 0 aliphatic heterocycles. The molecule has 0 bridgehead atoms. The van der Waals surface area contributed by atoms with E-state index >= 15 is 0 Å². The maximum atomic E-state index is 12.1. The minimum absolute atomic E-state index is 0.361. The van der Waals surface area contributed by atoms with Crippen LogP contribution in [0.25, 0.3) is 0 Å². The first-order valence-electron chi connectivity index (χ1n) is 6.20. The van der Waals surface area contributed by atoms with Crippen molar-refractivity contribution in [3.8, 4) is 11.5 Å². The number of carbonyl (C=O) groups excluding carboxylic acids is 1. The minimum atomic E-state index is -0.361. The monoisotopic (exact) mass is 285 g/mol. The fourth-order valence-electron chi connectivity index (χ4n) is 1.66. The van der Waals surface area contributed by atoms with Crippen LogP contribution in [-0.2, 0) is 0 Å². The van der Waals surface area contributed by atoms with Gasteiger partial charge < -0.3 is 9.47 Å². The number of amides is 1. The van der Waals surface area contributed by atoms with Crippen LogP contribution >= 0.6 is 0 Å². The molecule has 0 saturated heterocycles. The first kappa shape index (κ1) is 14.5. The molecule has 2 aromatic rings. The number of ether oxygens (including phenoxy) is 2. The lowest BCUT2D eigenvalue weighted by atomic mass is 10.2. The van der Waals surface area contributed by atoms with E-state index in [1.54, 1.807) is 49.8 Å². The summed E-state index contributed by atoms with van der Waals surface area (Å²) in [7, 11) is 3.04. The fraction of sp³-hybridized carbons (Fsp3) is 0.133. The number of carbonyl (C=O) groups is 1. The van der Waals surface area contributed by atoms with E-state index < -0.39 is 0 Å². The SMILES string of the molecule is COc1ccc(C(=O)NN=Cc2ccncc2)c(OC)c1. The zero-order valence-corrected chi connectivity index (χ0v) is 11.7. The van der Waals surface area contributed by atoms with Crippen LogP contribution in [0.1, 0.15) is 15.9 Å². The molecule has 1 N–H and O–H groups in total. The van der Waals surface area contributed by atoms with Gasteiger partial charge in [-0.2, -0.15) is 5.10 Å². The topological polar surface area (TPSA) is 72.8 Å². The lowest BCUT2D eigenvalue weighted by Crippen LogP contribution is -2.18. The Balaban J connectivity index is 2.08. The van der Waals surface area contributed by atoms with Crippen molar-refractivity contribution < 1.29 is 14.3 Å². The maximum Gasteiger partial charge on any atom is 0.275 e. The molecule has 1 aromatic carbocycles. The molecule has 0 aliphatic carbocycles. The van der Waals surface area contributed by atoms with E-state index in [0.29, 0.717) is 17.1 Å². The Hall–Kier alpha value is -2.89. The number of benzene rings is 1. The van der Waals surface area contributed by atoms with Gasteiger partial charge in [-0.25, -0.2) is 5.43 Å². The smallest absolute Gasteiger partial charge is 0.275 e. The predicted octanol–water partition coefficient (Wildman–Crippen LogP) is 1.86.